The second-order valence-corrected chi connectivity index (χ2v) is 12.5. The predicted molar refractivity (Wildman–Crippen MR) is 163 cm³/mol. The molecular formula is C32H39Cl2N3O5. The summed E-state index contributed by atoms with van der Waals surface area (Å²) < 4.78 is 0. The first-order valence-corrected chi connectivity index (χ1v) is 15.5. The van der Waals surface area contributed by atoms with Crippen molar-refractivity contribution < 1.29 is 24.3 Å². The number of hydrogen-bond acceptors (Lipinski definition) is 4. The highest BCUT2D eigenvalue weighted by atomic mass is 35.5. The Kier molecular flexibility index (Phi) is 11.3. The lowest BCUT2D eigenvalue weighted by molar-refractivity contribution is -0.138. The van der Waals surface area contributed by atoms with Gasteiger partial charge in [-0.2, -0.15) is 0 Å². The van der Waals surface area contributed by atoms with Crippen LogP contribution in [0.4, 0.5) is 0 Å². The Hall–Kier alpha value is -3.10. The van der Waals surface area contributed by atoms with E-state index in [1.807, 2.05) is 35.2 Å². The van der Waals surface area contributed by atoms with E-state index in [4.69, 9.17) is 23.2 Å². The molecule has 2 aliphatic rings. The van der Waals surface area contributed by atoms with Crippen LogP contribution in [0, 0.1) is 5.41 Å². The van der Waals surface area contributed by atoms with E-state index in [-0.39, 0.29) is 49.1 Å². The smallest absolute Gasteiger partial charge is 0.303 e. The number of carbonyl (C=O) groups is 4. The summed E-state index contributed by atoms with van der Waals surface area (Å²) in [6.45, 7) is 1.27. The first-order valence-electron chi connectivity index (χ1n) is 14.7. The average molecular weight is 617 g/mol. The number of hydrogen-bond donors (Lipinski definition) is 3. The summed E-state index contributed by atoms with van der Waals surface area (Å²) in [4.78, 5) is 53.0. The highest BCUT2D eigenvalue weighted by Crippen LogP contribution is 2.46. The van der Waals surface area contributed by atoms with Crippen LogP contribution in [0.25, 0.3) is 0 Å². The van der Waals surface area contributed by atoms with Gasteiger partial charge >= 0.3 is 5.97 Å². The molecule has 1 saturated carbocycles. The second kappa shape index (κ2) is 14.9. The molecule has 2 aromatic rings. The maximum Gasteiger partial charge on any atom is 0.303 e. The standard InChI is InChI=1S/C32H39Cl2N3O5/c33-24-19-23(20-25(34)21-24)30(41)36-27(31(42)37-16-14-32(15-17-37)12-4-5-13-32)9-10-28(38)35-26(8-11-29(39)40)18-22-6-2-1-3-7-22/h1-3,6-7,19-21,26-27H,4-5,8-18H2,(H,35,38)(H,36,41)(H,39,40)/t26?,27-/m1/s1. The van der Waals surface area contributed by atoms with Crippen molar-refractivity contribution in [2.45, 2.75) is 82.7 Å². The number of likely N-dealkylation sites (tertiary alicyclic amines) is 1. The summed E-state index contributed by atoms with van der Waals surface area (Å²) in [7, 11) is 0. The molecule has 1 heterocycles. The minimum atomic E-state index is -0.933. The number of amides is 3. The molecule has 3 N–H and O–H groups in total. The number of nitrogens with one attached hydrogen (secondary N) is 2. The van der Waals surface area contributed by atoms with E-state index in [1.54, 1.807) is 0 Å². The minimum absolute atomic E-state index is 0.0108. The largest absolute Gasteiger partial charge is 0.481 e. The van der Waals surface area contributed by atoms with E-state index in [0.717, 1.165) is 18.4 Å². The van der Waals surface area contributed by atoms with E-state index >= 15 is 0 Å². The van der Waals surface area contributed by atoms with Crippen LogP contribution in [0.15, 0.2) is 48.5 Å². The molecule has 4 rings (SSSR count). The molecule has 42 heavy (non-hydrogen) atoms. The summed E-state index contributed by atoms with van der Waals surface area (Å²) in [6.07, 6.45) is 7.57. The summed E-state index contributed by atoms with van der Waals surface area (Å²) >= 11 is 12.2. The molecule has 2 atom stereocenters. The highest BCUT2D eigenvalue weighted by molar-refractivity contribution is 6.35. The van der Waals surface area contributed by atoms with Crippen LogP contribution < -0.4 is 10.6 Å². The number of carboxylic acids is 1. The Morgan fingerprint density at radius 3 is 2.12 bits per heavy atom. The van der Waals surface area contributed by atoms with Crippen molar-refractivity contribution in [1.82, 2.24) is 15.5 Å². The number of halogens is 2. The summed E-state index contributed by atoms with van der Waals surface area (Å²) in [6, 6.07) is 12.8. The lowest BCUT2D eigenvalue weighted by Crippen LogP contribution is -2.52. The fraction of sp³-hybridized carbons (Fsp3) is 0.500. The van der Waals surface area contributed by atoms with Crippen LogP contribution in [0.5, 0.6) is 0 Å². The van der Waals surface area contributed by atoms with Crippen LogP contribution in [0.2, 0.25) is 10.0 Å². The van der Waals surface area contributed by atoms with E-state index in [2.05, 4.69) is 10.6 Å². The zero-order chi connectivity index (χ0) is 30.1. The predicted octanol–water partition coefficient (Wildman–Crippen LogP) is 5.65. The quantitative estimate of drug-likeness (QED) is 0.285. The van der Waals surface area contributed by atoms with Crippen LogP contribution in [0.1, 0.15) is 80.1 Å². The Morgan fingerprint density at radius 1 is 0.857 bits per heavy atom. The molecule has 1 saturated heterocycles. The number of carbonyl (C=O) groups excluding carboxylic acids is 3. The number of piperidine rings is 1. The van der Waals surface area contributed by atoms with Crippen LogP contribution in [-0.2, 0) is 20.8 Å². The summed E-state index contributed by atoms with van der Waals surface area (Å²) in [5.74, 6) is -1.94. The van der Waals surface area contributed by atoms with E-state index in [1.165, 1.54) is 43.9 Å². The third-order valence-corrected chi connectivity index (χ3v) is 9.02. The Bertz CT molecular complexity index is 1240. The normalized spacial score (nSPS) is 17.4. The van der Waals surface area contributed by atoms with E-state index < -0.39 is 17.9 Å². The average Bonchev–Trinajstić information content (AvgIpc) is 3.41. The Labute approximate surface area is 257 Å². The lowest BCUT2D eigenvalue weighted by Gasteiger charge is -2.40. The molecule has 2 aromatic carbocycles. The molecule has 1 aliphatic heterocycles. The zero-order valence-corrected chi connectivity index (χ0v) is 25.3. The van der Waals surface area contributed by atoms with E-state index in [9.17, 15) is 24.3 Å². The van der Waals surface area contributed by atoms with Crippen LogP contribution in [-0.4, -0.2) is 58.9 Å². The number of aliphatic carboxylic acids is 1. The van der Waals surface area contributed by atoms with Gasteiger partial charge in [0.1, 0.15) is 6.04 Å². The Balaban J connectivity index is 1.42. The van der Waals surface area contributed by atoms with Gasteiger partial charge in [0.2, 0.25) is 11.8 Å². The van der Waals surface area contributed by atoms with Crippen molar-refractivity contribution in [3.8, 4) is 0 Å². The third-order valence-electron chi connectivity index (χ3n) is 8.58. The van der Waals surface area contributed by atoms with Gasteiger partial charge in [-0.05, 0) is 74.1 Å². The molecule has 0 radical (unpaired) electrons. The van der Waals surface area contributed by atoms with Crippen LogP contribution >= 0.6 is 23.2 Å². The fourth-order valence-electron chi connectivity index (χ4n) is 6.23. The van der Waals surface area contributed by atoms with Crippen molar-refractivity contribution in [3.63, 3.8) is 0 Å². The molecule has 1 unspecified atom stereocenters. The lowest BCUT2D eigenvalue weighted by atomic mass is 9.77. The van der Waals surface area contributed by atoms with E-state index in [0.29, 0.717) is 35.0 Å². The van der Waals surface area contributed by atoms with Crippen molar-refractivity contribution in [2.75, 3.05) is 13.1 Å². The molecule has 10 heteroatoms. The molecule has 0 aromatic heterocycles. The maximum absolute atomic E-state index is 13.7. The molecule has 1 aliphatic carbocycles. The van der Waals surface area contributed by atoms with Gasteiger partial charge < -0.3 is 20.6 Å². The SMILES string of the molecule is O=C(O)CCC(Cc1ccccc1)NC(=O)CC[C@@H](NC(=O)c1cc(Cl)cc(Cl)c1)C(=O)N1CCC2(CCCC2)CC1. The molecule has 3 amide bonds. The number of carboxylic acid groups (broad SMARTS) is 1. The van der Waals surface area contributed by atoms with Crippen molar-refractivity contribution in [3.05, 3.63) is 69.7 Å². The molecule has 2 fully saturated rings. The second-order valence-electron chi connectivity index (χ2n) is 11.6. The molecular weight excluding hydrogens is 577 g/mol. The number of nitrogens with zero attached hydrogens (tertiary/aromatic N) is 1. The van der Waals surface area contributed by atoms with Gasteiger partial charge in [0.05, 0.1) is 0 Å². The first-order chi connectivity index (χ1) is 20.1. The number of benzene rings is 2. The third kappa shape index (κ3) is 9.20. The number of rotatable bonds is 12. The monoisotopic (exact) mass is 615 g/mol. The topological polar surface area (TPSA) is 116 Å². The molecule has 226 valence electrons. The van der Waals surface area contributed by atoms with Gasteiger partial charge in [-0.1, -0.05) is 66.4 Å². The highest BCUT2D eigenvalue weighted by Gasteiger charge is 2.39. The van der Waals surface area contributed by atoms with Gasteiger partial charge in [-0.15, -0.1) is 0 Å². The molecule has 1 spiro atoms. The van der Waals surface area contributed by atoms with Crippen LogP contribution in [0.3, 0.4) is 0 Å². The van der Waals surface area contributed by atoms with Gasteiger partial charge in [-0.3, -0.25) is 19.2 Å². The van der Waals surface area contributed by atoms with Gasteiger partial charge in [0.15, 0.2) is 0 Å². The Morgan fingerprint density at radius 2 is 1.50 bits per heavy atom. The molecule has 8 nitrogen and oxygen atoms in total. The molecule has 0 bridgehead atoms. The van der Waals surface area contributed by atoms with Gasteiger partial charge in [0.25, 0.3) is 5.91 Å². The van der Waals surface area contributed by atoms with Crippen molar-refractivity contribution in [1.29, 1.82) is 0 Å². The zero-order valence-electron chi connectivity index (χ0n) is 23.7. The van der Waals surface area contributed by atoms with Gasteiger partial charge in [-0.25, -0.2) is 0 Å². The van der Waals surface area contributed by atoms with Crippen molar-refractivity contribution in [2.24, 2.45) is 5.41 Å². The minimum Gasteiger partial charge on any atom is -0.481 e. The fourth-order valence-corrected chi connectivity index (χ4v) is 6.75. The van der Waals surface area contributed by atoms with Crippen molar-refractivity contribution >= 4 is 46.9 Å². The summed E-state index contributed by atoms with van der Waals surface area (Å²) in [5.41, 5.74) is 1.55. The summed E-state index contributed by atoms with van der Waals surface area (Å²) in [5, 5.41) is 15.6. The van der Waals surface area contributed by atoms with Gasteiger partial charge in [0, 0.05) is 47.6 Å². The maximum atomic E-state index is 13.7. The first kappa shape index (κ1) is 31.8.